The molecule has 5 heteroatoms. The fourth-order valence-corrected chi connectivity index (χ4v) is 2.45. The summed E-state index contributed by atoms with van der Waals surface area (Å²) in [5.41, 5.74) is 2.33. The Balaban J connectivity index is 2.63. The topological polar surface area (TPSA) is 22.0 Å². The maximum atomic E-state index is 14.0. The van der Waals surface area contributed by atoms with E-state index >= 15 is 0 Å². The predicted molar refractivity (Wildman–Crippen MR) is 75.3 cm³/mol. The average molecular weight is 300 g/mol. The van der Waals surface area contributed by atoms with Crippen LogP contribution in [0.1, 0.15) is 21.7 Å². The van der Waals surface area contributed by atoms with Gasteiger partial charge in [-0.2, -0.15) is 0 Å². The van der Waals surface area contributed by atoms with Crippen molar-refractivity contribution in [2.24, 2.45) is 0 Å². The summed E-state index contributed by atoms with van der Waals surface area (Å²) < 4.78 is 15.7. The Hall–Kier alpha value is -1.32. The lowest BCUT2D eigenvalue weighted by atomic mass is 10.2. The standard InChI is InChI=1S/C14H12Cl2FNO/c1-8-5-11(14(19)7-15)9(2)18(8)13-4-3-10(16)6-12(13)17/h3-6H,7H2,1-2H3. The summed E-state index contributed by atoms with van der Waals surface area (Å²) in [6, 6.07) is 6.17. The molecule has 0 aliphatic rings. The number of benzene rings is 1. The van der Waals surface area contributed by atoms with Crippen LogP contribution in [0.15, 0.2) is 24.3 Å². The van der Waals surface area contributed by atoms with Crippen LogP contribution in [0.4, 0.5) is 4.39 Å². The lowest BCUT2D eigenvalue weighted by Crippen LogP contribution is -2.05. The first-order valence-corrected chi connectivity index (χ1v) is 6.60. The van der Waals surface area contributed by atoms with Crippen LogP contribution in [0.2, 0.25) is 5.02 Å². The molecule has 0 amide bonds. The molecule has 19 heavy (non-hydrogen) atoms. The normalized spacial score (nSPS) is 10.8. The molecular weight excluding hydrogens is 288 g/mol. The van der Waals surface area contributed by atoms with E-state index in [9.17, 15) is 9.18 Å². The molecule has 1 aromatic heterocycles. The van der Waals surface area contributed by atoms with Gasteiger partial charge < -0.3 is 4.57 Å². The number of carbonyl (C=O) groups excluding carboxylic acids is 1. The quantitative estimate of drug-likeness (QED) is 0.611. The average Bonchev–Trinajstić information content (AvgIpc) is 2.65. The molecule has 0 bridgehead atoms. The van der Waals surface area contributed by atoms with Gasteiger partial charge in [-0.3, -0.25) is 4.79 Å². The molecule has 0 radical (unpaired) electrons. The molecular formula is C14H12Cl2FNO. The third-order valence-corrected chi connectivity index (χ3v) is 3.48. The summed E-state index contributed by atoms with van der Waals surface area (Å²) in [4.78, 5) is 11.7. The van der Waals surface area contributed by atoms with Crippen molar-refractivity contribution in [1.82, 2.24) is 4.57 Å². The van der Waals surface area contributed by atoms with E-state index in [1.54, 1.807) is 29.7 Å². The molecule has 2 rings (SSSR count). The van der Waals surface area contributed by atoms with Crippen LogP contribution < -0.4 is 0 Å². The molecule has 2 aromatic rings. The second-order valence-electron chi connectivity index (χ2n) is 4.27. The number of nitrogens with zero attached hydrogens (tertiary/aromatic N) is 1. The van der Waals surface area contributed by atoms with E-state index in [1.807, 2.05) is 6.92 Å². The molecule has 0 saturated carbocycles. The lowest BCUT2D eigenvalue weighted by Gasteiger charge is -2.11. The number of carbonyl (C=O) groups is 1. The molecule has 1 aromatic carbocycles. The van der Waals surface area contributed by atoms with Crippen LogP contribution in [0.25, 0.3) is 5.69 Å². The van der Waals surface area contributed by atoms with E-state index in [1.165, 1.54) is 6.07 Å². The Morgan fingerprint density at radius 1 is 1.32 bits per heavy atom. The Morgan fingerprint density at radius 2 is 2.00 bits per heavy atom. The number of Topliss-reactive ketones (excluding diaryl/α,β-unsaturated/α-hetero) is 1. The zero-order valence-corrected chi connectivity index (χ0v) is 12.0. The molecule has 0 unspecified atom stereocenters. The number of ketones is 1. The summed E-state index contributed by atoms with van der Waals surface area (Å²) in [7, 11) is 0. The molecule has 0 atom stereocenters. The van der Waals surface area contributed by atoms with Crippen molar-refractivity contribution >= 4 is 29.0 Å². The molecule has 0 spiro atoms. The molecule has 1 heterocycles. The lowest BCUT2D eigenvalue weighted by molar-refractivity contribution is 0.102. The molecule has 0 fully saturated rings. The highest BCUT2D eigenvalue weighted by molar-refractivity contribution is 6.31. The first-order valence-electron chi connectivity index (χ1n) is 5.69. The molecule has 0 aliphatic heterocycles. The van der Waals surface area contributed by atoms with Gasteiger partial charge in [-0.25, -0.2) is 4.39 Å². The van der Waals surface area contributed by atoms with Crippen LogP contribution in [0.5, 0.6) is 0 Å². The van der Waals surface area contributed by atoms with Crippen molar-refractivity contribution in [2.75, 3.05) is 5.88 Å². The van der Waals surface area contributed by atoms with Crippen LogP contribution >= 0.6 is 23.2 Å². The second kappa shape index (κ2) is 5.35. The minimum Gasteiger partial charge on any atom is -0.315 e. The molecule has 0 saturated heterocycles. The van der Waals surface area contributed by atoms with Gasteiger partial charge in [0.15, 0.2) is 5.78 Å². The van der Waals surface area contributed by atoms with E-state index in [2.05, 4.69) is 0 Å². The first kappa shape index (κ1) is 14.1. The Morgan fingerprint density at radius 3 is 2.58 bits per heavy atom. The Kier molecular flexibility index (Phi) is 3.97. The van der Waals surface area contributed by atoms with Crippen molar-refractivity contribution in [2.45, 2.75) is 13.8 Å². The highest BCUT2D eigenvalue weighted by atomic mass is 35.5. The number of alkyl halides is 1. The van der Waals surface area contributed by atoms with Gasteiger partial charge in [-0.05, 0) is 38.1 Å². The number of rotatable bonds is 3. The maximum absolute atomic E-state index is 14.0. The van der Waals surface area contributed by atoms with Gasteiger partial charge in [0.1, 0.15) is 5.82 Å². The predicted octanol–water partition coefficient (Wildman–Crippen LogP) is 4.31. The van der Waals surface area contributed by atoms with Gasteiger partial charge in [-0.1, -0.05) is 11.6 Å². The van der Waals surface area contributed by atoms with Crippen molar-refractivity contribution in [3.63, 3.8) is 0 Å². The van der Waals surface area contributed by atoms with Crippen molar-refractivity contribution in [1.29, 1.82) is 0 Å². The van der Waals surface area contributed by atoms with Gasteiger partial charge in [0.2, 0.25) is 0 Å². The molecule has 100 valence electrons. The Bertz CT molecular complexity index is 649. The van der Waals surface area contributed by atoms with E-state index in [4.69, 9.17) is 23.2 Å². The number of hydrogen-bond donors (Lipinski definition) is 0. The zero-order chi connectivity index (χ0) is 14.2. The van der Waals surface area contributed by atoms with Gasteiger partial charge in [-0.15, -0.1) is 11.6 Å². The fourth-order valence-electron chi connectivity index (χ4n) is 2.15. The zero-order valence-electron chi connectivity index (χ0n) is 10.5. The summed E-state index contributed by atoms with van der Waals surface area (Å²) in [6.07, 6.45) is 0. The number of aryl methyl sites for hydroxylation is 1. The summed E-state index contributed by atoms with van der Waals surface area (Å²) in [5.74, 6) is -0.692. The van der Waals surface area contributed by atoms with Gasteiger partial charge >= 0.3 is 0 Å². The largest absolute Gasteiger partial charge is 0.315 e. The third-order valence-electron chi connectivity index (χ3n) is 3.00. The van der Waals surface area contributed by atoms with Gasteiger partial charge in [0, 0.05) is 22.0 Å². The monoisotopic (exact) mass is 299 g/mol. The first-order chi connectivity index (χ1) is 8.95. The number of hydrogen-bond acceptors (Lipinski definition) is 1. The van der Waals surface area contributed by atoms with Crippen molar-refractivity contribution in [3.05, 3.63) is 52.1 Å². The minimum atomic E-state index is -0.431. The smallest absolute Gasteiger partial charge is 0.179 e. The van der Waals surface area contributed by atoms with E-state index in [0.29, 0.717) is 22.0 Å². The molecule has 2 nitrogen and oxygen atoms in total. The SMILES string of the molecule is Cc1cc(C(=O)CCl)c(C)n1-c1ccc(Cl)cc1F. The summed E-state index contributed by atoms with van der Waals surface area (Å²) >= 11 is 11.3. The minimum absolute atomic E-state index is 0.0899. The van der Waals surface area contributed by atoms with E-state index in [0.717, 1.165) is 5.69 Å². The van der Waals surface area contributed by atoms with E-state index in [-0.39, 0.29) is 11.7 Å². The van der Waals surface area contributed by atoms with Crippen LogP contribution in [0.3, 0.4) is 0 Å². The maximum Gasteiger partial charge on any atom is 0.179 e. The van der Waals surface area contributed by atoms with Crippen LogP contribution in [-0.4, -0.2) is 16.2 Å². The van der Waals surface area contributed by atoms with E-state index < -0.39 is 5.82 Å². The van der Waals surface area contributed by atoms with Gasteiger partial charge in [0.25, 0.3) is 0 Å². The highest BCUT2D eigenvalue weighted by Crippen LogP contribution is 2.25. The highest BCUT2D eigenvalue weighted by Gasteiger charge is 2.17. The fraction of sp³-hybridized carbons (Fsp3) is 0.214. The van der Waals surface area contributed by atoms with Crippen molar-refractivity contribution in [3.8, 4) is 5.69 Å². The molecule has 0 aliphatic carbocycles. The Labute approximate surface area is 120 Å². The molecule has 0 N–H and O–H groups in total. The number of aromatic nitrogens is 1. The summed E-state index contributed by atoms with van der Waals surface area (Å²) in [5, 5.41) is 0.334. The second-order valence-corrected chi connectivity index (χ2v) is 4.98. The summed E-state index contributed by atoms with van der Waals surface area (Å²) in [6.45, 7) is 3.58. The third kappa shape index (κ3) is 2.53. The number of halogens is 3. The van der Waals surface area contributed by atoms with Crippen molar-refractivity contribution < 1.29 is 9.18 Å². The van der Waals surface area contributed by atoms with Crippen LogP contribution in [0, 0.1) is 19.7 Å². The van der Waals surface area contributed by atoms with Crippen LogP contribution in [-0.2, 0) is 0 Å². The van der Waals surface area contributed by atoms with Gasteiger partial charge in [0.05, 0.1) is 11.6 Å².